The van der Waals surface area contributed by atoms with Crippen molar-refractivity contribution in [1.29, 1.82) is 0 Å². The normalized spacial score (nSPS) is 28.0. The van der Waals surface area contributed by atoms with Crippen LogP contribution in [0.4, 0.5) is 4.39 Å². The highest BCUT2D eigenvalue weighted by molar-refractivity contribution is 5.29. The molecule has 0 amide bonds. The van der Waals surface area contributed by atoms with Crippen molar-refractivity contribution < 1.29 is 9.13 Å². The number of hydrogen-bond acceptors (Lipinski definition) is 2. The Labute approximate surface area is 77.3 Å². The highest BCUT2D eigenvalue weighted by atomic mass is 19.1. The molecule has 0 heterocycles. The van der Waals surface area contributed by atoms with Gasteiger partial charge < -0.3 is 10.5 Å². The summed E-state index contributed by atoms with van der Waals surface area (Å²) >= 11 is 0. The fourth-order valence-electron chi connectivity index (χ4n) is 1.38. The molecule has 13 heavy (non-hydrogen) atoms. The van der Waals surface area contributed by atoms with Crippen LogP contribution in [0.25, 0.3) is 0 Å². The minimum absolute atomic E-state index is 0.329. The molecule has 0 saturated heterocycles. The number of ether oxygens (including phenoxy) is 1. The molecule has 2 aliphatic rings. The molecule has 0 spiro atoms. The summed E-state index contributed by atoms with van der Waals surface area (Å²) in [6.07, 6.45) is 5.27. The van der Waals surface area contributed by atoms with Crippen LogP contribution in [-0.4, -0.2) is 18.8 Å². The molecule has 0 bridgehead atoms. The predicted molar refractivity (Wildman–Crippen MR) is 48.8 cm³/mol. The zero-order valence-corrected chi connectivity index (χ0v) is 7.50. The monoisotopic (exact) mass is 183 g/mol. The maximum atomic E-state index is 13.0. The molecule has 0 aromatic heterocycles. The van der Waals surface area contributed by atoms with E-state index < -0.39 is 6.17 Å². The van der Waals surface area contributed by atoms with Gasteiger partial charge in [-0.25, -0.2) is 4.39 Å². The van der Waals surface area contributed by atoms with Crippen LogP contribution < -0.4 is 5.73 Å². The van der Waals surface area contributed by atoms with E-state index in [2.05, 4.69) is 0 Å². The van der Waals surface area contributed by atoms with Gasteiger partial charge in [-0.2, -0.15) is 0 Å². The molecule has 2 rings (SSSR count). The number of hydrogen-bond donors (Lipinski definition) is 1. The van der Waals surface area contributed by atoms with Crippen LogP contribution in [0.1, 0.15) is 19.3 Å². The second-order valence-electron chi connectivity index (χ2n) is 3.55. The van der Waals surface area contributed by atoms with E-state index in [-0.39, 0.29) is 0 Å². The second kappa shape index (κ2) is 3.50. The van der Waals surface area contributed by atoms with Crippen molar-refractivity contribution in [3.63, 3.8) is 0 Å². The number of rotatable bonds is 3. The molecule has 1 saturated carbocycles. The second-order valence-corrected chi connectivity index (χ2v) is 3.55. The number of halogens is 1. The van der Waals surface area contributed by atoms with Crippen LogP contribution in [0.15, 0.2) is 23.5 Å². The maximum absolute atomic E-state index is 13.0. The van der Waals surface area contributed by atoms with Gasteiger partial charge in [0.05, 0.1) is 6.10 Å². The van der Waals surface area contributed by atoms with Gasteiger partial charge in [-0.15, -0.1) is 0 Å². The largest absolute Gasteiger partial charge is 0.494 e. The summed E-state index contributed by atoms with van der Waals surface area (Å²) in [6, 6.07) is 0. The molecule has 2 N–H and O–H groups in total. The van der Waals surface area contributed by atoms with Crippen molar-refractivity contribution in [3.8, 4) is 0 Å². The first kappa shape index (κ1) is 8.75. The molecular weight excluding hydrogens is 169 g/mol. The standard InChI is InChI=1S/C10H14FNO/c11-8-2-1-7(6-12)10(5-8)13-9-3-4-9/h1-2,8-9H,3-6,12H2. The molecule has 1 fully saturated rings. The first-order valence-electron chi connectivity index (χ1n) is 4.70. The lowest BCUT2D eigenvalue weighted by molar-refractivity contribution is 0.169. The predicted octanol–water partition coefficient (Wildman–Crippen LogP) is 1.68. The van der Waals surface area contributed by atoms with E-state index >= 15 is 0 Å². The first-order valence-corrected chi connectivity index (χ1v) is 4.70. The molecule has 1 atom stereocenters. The van der Waals surface area contributed by atoms with Gasteiger partial charge in [-0.3, -0.25) is 0 Å². The highest BCUT2D eigenvalue weighted by Crippen LogP contribution is 2.31. The molecule has 0 aromatic carbocycles. The van der Waals surface area contributed by atoms with Gasteiger partial charge in [0.2, 0.25) is 0 Å². The van der Waals surface area contributed by atoms with Crippen molar-refractivity contribution in [2.24, 2.45) is 5.73 Å². The van der Waals surface area contributed by atoms with E-state index in [0.29, 0.717) is 19.1 Å². The SMILES string of the molecule is NCC1=C(OC2CC2)CC(F)C=C1. The zero-order valence-electron chi connectivity index (χ0n) is 7.50. The summed E-state index contributed by atoms with van der Waals surface area (Å²) in [5.41, 5.74) is 6.47. The van der Waals surface area contributed by atoms with E-state index in [1.165, 1.54) is 0 Å². The Morgan fingerprint density at radius 3 is 2.92 bits per heavy atom. The number of alkyl halides is 1. The summed E-state index contributed by atoms with van der Waals surface area (Å²) in [4.78, 5) is 0. The Hall–Kier alpha value is -0.830. The average molecular weight is 183 g/mol. The van der Waals surface area contributed by atoms with Crippen LogP contribution in [0.5, 0.6) is 0 Å². The third-order valence-electron chi connectivity index (χ3n) is 2.30. The minimum Gasteiger partial charge on any atom is -0.494 e. The van der Waals surface area contributed by atoms with Gasteiger partial charge in [-0.1, -0.05) is 6.08 Å². The quantitative estimate of drug-likeness (QED) is 0.722. The number of nitrogens with two attached hydrogens (primary N) is 1. The molecule has 2 nitrogen and oxygen atoms in total. The van der Waals surface area contributed by atoms with E-state index in [1.807, 2.05) is 0 Å². The molecule has 1 unspecified atom stereocenters. The van der Waals surface area contributed by atoms with Crippen LogP contribution in [-0.2, 0) is 4.74 Å². The summed E-state index contributed by atoms with van der Waals surface area (Å²) in [7, 11) is 0. The van der Waals surface area contributed by atoms with Crippen molar-refractivity contribution in [2.75, 3.05) is 6.54 Å². The Kier molecular flexibility index (Phi) is 2.36. The number of allylic oxidation sites excluding steroid dienone is 2. The Morgan fingerprint density at radius 1 is 1.54 bits per heavy atom. The van der Waals surface area contributed by atoms with E-state index in [9.17, 15) is 4.39 Å². The average Bonchev–Trinajstić information content (AvgIpc) is 2.89. The molecule has 0 aliphatic heterocycles. The van der Waals surface area contributed by atoms with Gasteiger partial charge in [0, 0.05) is 18.5 Å². The molecule has 72 valence electrons. The van der Waals surface area contributed by atoms with Gasteiger partial charge in [0.25, 0.3) is 0 Å². The van der Waals surface area contributed by atoms with Crippen molar-refractivity contribution in [1.82, 2.24) is 0 Å². The molecule has 0 aromatic rings. The van der Waals surface area contributed by atoms with Crippen molar-refractivity contribution >= 4 is 0 Å². The van der Waals surface area contributed by atoms with Crippen LogP contribution in [0, 0.1) is 0 Å². The molecule has 3 heteroatoms. The van der Waals surface area contributed by atoms with Gasteiger partial charge in [0.1, 0.15) is 11.9 Å². The fraction of sp³-hybridized carbons (Fsp3) is 0.600. The van der Waals surface area contributed by atoms with E-state index in [1.54, 1.807) is 12.2 Å². The van der Waals surface area contributed by atoms with Crippen molar-refractivity contribution in [2.45, 2.75) is 31.5 Å². The summed E-state index contributed by atoms with van der Waals surface area (Å²) in [5, 5.41) is 0. The van der Waals surface area contributed by atoms with Crippen LogP contribution >= 0.6 is 0 Å². The lowest BCUT2D eigenvalue weighted by Gasteiger charge is -2.18. The Bertz CT molecular complexity index is 256. The summed E-state index contributed by atoms with van der Waals surface area (Å²) < 4.78 is 18.6. The third-order valence-corrected chi connectivity index (χ3v) is 2.30. The summed E-state index contributed by atoms with van der Waals surface area (Å²) in [6.45, 7) is 0.436. The molecular formula is C10H14FNO. The van der Waals surface area contributed by atoms with E-state index in [0.717, 1.165) is 24.2 Å². The summed E-state index contributed by atoms with van der Waals surface area (Å²) in [5.74, 6) is 0.764. The first-order chi connectivity index (χ1) is 6.29. The Morgan fingerprint density at radius 2 is 2.31 bits per heavy atom. The van der Waals surface area contributed by atoms with Gasteiger partial charge in [0.15, 0.2) is 0 Å². The lowest BCUT2D eigenvalue weighted by Crippen LogP contribution is -2.14. The minimum atomic E-state index is -0.899. The van der Waals surface area contributed by atoms with E-state index in [4.69, 9.17) is 10.5 Å². The van der Waals surface area contributed by atoms with Crippen molar-refractivity contribution in [3.05, 3.63) is 23.5 Å². The Balaban J connectivity index is 2.07. The molecule has 0 radical (unpaired) electrons. The van der Waals surface area contributed by atoms with Crippen LogP contribution in [0.3, 0.4) is 0 Å². The smallest absolute Gasteiger partial charge is 0.126 e. The highest BCUT2D eigenvalue weighted by Gasteiger charge is 2.27. The fourth-order valence-corrected chi connectivity index (χ4v) is 1.38. The van der Waals surface area contributed by atoms with Gasteiger partial charge >= 0.3 is 0 Å². The maximum Gasteiger partial charge on any atom is 0.126 e. The lowest BCUT2D eigenvalue weighted by atomic mass is 10.0. The zero-order chi connectivity index (χ0) is 9.26. The molecule has 2 aliphatic carbocycles. The van der Waals surface area contributed by atoms with Gasteiger partial charge in [-0.05, 0) is 18.9 Å². The third kappa shape index (κ3) is 2.10. The van der Waals surface area contributed by atoms with Crippen LogP contribution in [0.2, 0.25) is 0 Å². The topological polar surface area (TPSA) is 35.2 Å².